The average molecular weight is 707 g/mol. The van der Waals surface area contributed by atoms with Crippen molar-refractivity contribution < 1.29 is 44.7 Å². The lowest BCUT2D eigenvalue weighted by atomic mass is 9.86. The number of aromatic nitrogens is 1. The number of nitrogens with zero attached hydrogens (tertiary/aromatic N) is 2. The molecule has 1 aromatic heterocycles. The molecule has 14 nitrogen and oxygen atoms in total. The van der Waals surface area contributed by atoms with Crippen LogP contribution in [0.4, 0.5) is 5.82 Å². The number of hydrogen-bond donors (Lipinski definition) is 4. The molecule has 0 radical (unpaired) electrons. The van der Waals surface area contributed by atoms with Crippen LogP contribution in [0.2, 0.25) is 0 Å². The summed E-state index contributed by atoms with van der Waals surface area (Å²) in [6, 6.07) is 13.8. The topological polar surface area (TPSA) is 187 Å². The highest BCUT2D eigenvalue weighted by molar-refractivity contribution is 7.94. The Hall–Kier alpha value is -5.09. The number of aliphatic carboxylic acids is 1. The third kappa shape index (κ3) is 11.2. The Morgan fingerprint density at radius 3 is 2.70 bits per heavy atom. The predicted octanol–water partition coefficient (Wildman–Crippen LogP) is 5.30. The molecule has 1 aliphatic carbocycles. The molecule has 0 aliphatic heterocycles. The van der Waals surface area contributed by atoms with Gasteiger partial charge in [0.2, 0.25) is 12.1 Å². The Morgan fingerprint density at radius 2 is 1.94 bits per heavy atom. The standard InChI is InChI=1S/C35H39N5O9S/c1-3-10-27-25-12-9-13-28(41)26(25)17-18-29(27)47-20-8-4-5-15-32(42)38-33(35(44)45)39-34(43)24-16-19-31(36-21-24)40-37-22-23-11-6-7-14-30(23)50-49-48-46-2/h3,6-7,11,14,16-19,21-22,33H,1,4-5,8-10,12-13,15,20H2,2H3,(H,36,40)(H,38,42)(H,39,43)(H,44,45)/p+1/b37-22+/t33-/m0/s1. The third-order valence-corrected chi connectivity index (χ3v) is 8.22. The maximum absolute atomic E-state index is 12.7. The second-order valence-electron chi connectivity index (χ2n) is 11.0. The highest BCUT2D eigenvalue weighted by Gasteiger charge is 2.24. The lowest BCUT2D eigenvalue weighted by Gasteiger charge is -2.21. The number of benzene rings is 2. The fourth-order valence-corrected chi connectivity index (χ4v) is 5.65. The fourth-order valence-electron chi connectivity index (χ4n) is 5.14. The fraction of sp³-hybridized carbons (Fsp3) is 0.314. The van der Waals surface area contributed by atoms with E-state index in [1.165, 1.54) is 31.7 Å². The molecule has 2 aromatic carbocycles. The van der Waals surface area contributed by atoms with Gasteiger partial charge in [0.1, 0.15) is 11.6 Å². The van der Waals surface area contributed by atoms with E-state index in [2.05, 4.69) is 42.6 Å². The molecule has 0 saturated carbocycles. The predicted molar refractivity (Wildman–Crippen MR) is 187 cm³/mol. The van der Waals surface area contributed by atoms with Crippen molar-refractivity contribution in [2.75, 3.05) is 19.1 Å². The second kappa shape index (κ2) is 19.8. The number of allylic oxidation sites excluding steroid dienone is 1. The minimum absolute atomic E-state index is 0. The molecule has 0 unspecified atom stereocenters. The molecule has 0 spiro atoms. The van der Waals surface area contributed by atoms with Crippen LogP contribution < -0.4 is 20.8 Å². The highest BCUT2D eigenvalue weighted by Crippen LogP contribution is 2.32. The molecule has 50 heavy (non-hydrogen) atoms. The summed E-state index contributed by atoms with van der Waals surface area (Å²) in [5.74, 6) is -1.44. The number of ketones is 1. The number of ether oxygens (including phenoxy) is 1. The lowest BCUT2D eigenvalue weighted by Crippen LogP contribution is -2.52. The number of unbranched alkanes of at least 4 members (excludes halogenated alkanes) is 2. The summed E-state index contributed by atoms with van der Waals surface area (Å²) in [5.41, 5.74) is 6.36. The SMILES string of the molecule is C=CCc1c(OCCCCCC(=O)N[C@@H](NC(=O)c2ccc(N/N=C/c3ccccc3SOOOC)nc2)C(=O)O)ccc2c1CCCC2=O.[H+]. The molecule has 1 atom stereocenters. The van der Waals surface area contributed by atoms with Gasteiger partial charge in [0, 0.05) is 40.6 Å². The number of pyridine rings is 1. The van der Waals surface area contributed by atoms with Gasteiger partial charge in [-0.2, -0.15) is 5.10 Å². The molecule has 264 valence electrons. The lowest BCUT2D eigenvalue weighted by molar-refractivity contribution is -0.447. The van der Waals surface area contributed by atoms with Crippen LogP contribution in [-0.4, -0.2) is 59.8 Å². The number of amides is 2. The molecular formula is C35H40N5O9S+. The van der Waals surface area contributed by atoms with E-state index in [9.17, 15) is 24.3 Å². The van der Waals surface area contributed by atoms with Gasteiger partial charge in [-0.1, -0.05) is 29.3 Å². The molecule has 0 fully saturated rings. The van der Waals surface area contributed by atoms with Gasteiger partial charge in [-0.15, -0.1) is 10.9 Å². The first-order valence-electron chi connectivity index (χ1n) is 15.9. The van der Waals surface area contributed by atoms with Crippen LogP contribution in [0, 0.1) is 0 Å². The minimum Gasteiger partial charge on any atom is -0.493 e. The van der Waals surface area contributed by atoms with Crippen molar-refractivity contribution in [3.8, 4) is 5.75 Å². The molecule has 1 heterocycles. The molecule has 0 saturated heterocycles. The van der Waals surface area contributed by atoms with Crippen molar-refractivity contribution in [3.63, 3.8) is 0 Å². The quantitative estimate of drug-likeness (QED) is 0.0226. The number of rotatable bonds is 20. The number of carboxylic acids is 1. The zero-order chi connectivity index (χ0) is 35.7. The monoisotopic (exact) mass is 706 g/mol. The third-order valence-electron chi connectivity index (χ3n) is 7.55. The zero-order valence-corrected chi connectivity index (χ0v) is 28.3. The van der Waals surface area contributed by atoms with Crippen LogP contribution in [-0.2, 0) is 36.7 Å². The van der Waals surface area contributed by atoms with E-state index in [1.54, 1.807) is 18.2 Å². The van der Waals surface area contributed by atoms with E-state index >= 15 is 0 Å². The summed E-state index contributed by atoms with van der Waals surface area (Å²) in [6.07, 6.45) is 7.70. The molecule has 4 N–H and O–H groups in total. The maximum Gasteiger partial charge on any atom is 1.00 e. The van der Waals surface area contributed by atoms with Gasteiger partial charge < -0.3 is 20.5 Å². The van der Waals surface area contributed by atoms with Crippen LogP contribution in [0.25, 0.3) is 0 Å². The number of carboxylic acid groups (broad SMARTS) is 1. The van der Waals surface area contributed by atoms with E-state index in [1.807, 2.05) is 24.3 Å². The Labute approximate surface area is 295 Å². The van der Waals surface area contributed by atoms with Crippen molar-refractivity contribution in [1.82, 2.24) is 15.6 Å². The first kappa shape index (κ1) is 37.7. The number of hydrogen-bond acceptors (Lipinski definition) is 12. The Balaban J connectivity index is 0.00000702. The van der Waals surface area contributed by atoms with Crippen LogP contribution >= 0.6 is 12.0 Å². The van der Waals surface area contributed by atoms with Crippen LogP contribution in [0.3, 0.4) is 0 Å². The number of nitrogens with one attached hydrogen (secondary N) is 3. The second-order valence-corrected chi connectivity index (χ2v) is 11.8. The first-order chi connectivity index (χ1) is 24.3. The molecule has 3 aromatic rings. The summed E-state index contributed by atoms with van der Waals surface area (Å²) < 4.78 is 10.9. The highest BCUT2D eigenvalue weighted by atomic mass is 32.2. The summed E-state index contributed by atoms with van der Waals surface area (Å²) in [7, 11) is 1.31. The number of fused-ring (bicyclic) bond motifs is 1. The summed E-state index contributed by atoms with van der Waals surface area (Å²) in [4.78, 5) is 58.5. The summed E-state index contributed by atoms with van der Waals surface area (Å²) in [6.45, 7) is 4.26. The molecule has 2 amide bonds. The van der Waals surface area contributed by atoms with E-state index in [-0.39, 0.29) is 19.2 Å². The molecule has 0 bridgehead atoms. The van der Waals surface area contributed by atoms with Crippen molar-refractivity contribution in [2.45, 2.75) is 62.4 Å². The molecular weight excluding hydrogens is 666 g/mol. The van der Waals surface area contributed by atoms with Crippen molar-refractivity contribution >= 4 is 47.6 Å². The Kier molecular flexibility index (Phi) is 14.9. The van der Waals surface area contributed by atoms with Gasteiger partial charge in [0.25, 0.3) is 5.91 Å². The largest absolute Gasteiger partial charge is 1.00 e. The summed E-state index contributed by atoms with van der Waals surface area (Å²) in [5, 5.41) is 22.8. The van der Waals surface area contributed by atoms with Crippen molar-refractivity contribution in [2.24, 2.45) is 5.10 Å². The van der Waals surface area contributed by atoms with Gasteiger partial charge in [0.05, 0.1) is 37.5 Å². The van der Waals surface area contributed by atoms with Gasteiger partial charge in [-0.05, 0) is 74.4 Å². The maximum atomic E-state index is 12.7. The number of carbonyl (C=O) groups excluding carboxylic acids is 3. The number of Topliss-reactive ketones (excluding diaryl/α,β-unsaturated/α-hetero) is 1. The van der Waals surface area contributed by atoms with Crippen LogP contribution in [0.15, 0.2) is 77.4 Å². The van der Waals surface area contributed by atoms with Gasteiger partial charge in [-0.3, -0.25) is 19.8 Å². The zero-order valence-electron chi connectivity index (χ0n) is 28.5. The molecule has 4 rings (SSSR count). The van der Waals surface area contributed by atoms with Crippen LogP contribution in [0.5, 0.6) is 5.75 Å². The summed E-state index contributed by atoms with van der Waals surface area (Å²) >= 11 is 0.935. The Bertz CT molecular complexity index is 1690. The smallest absolute Gasteiger partial charge is 0.493 e. The van der Waals surface area contributed by atoms with Gasteiger partial charge in [-0.25, -0.2) is 14.7 Å². The average Bonchev–Trinajstić information content (AvgIpc) is 3.11. The van der Waals surface area contributed by atoms with E-state index in [0.717, 1.165) is 52.9 Å². The first-order valence-corrected chi connectivity index (χ1v) is 16.7. The molecule has 15 heteroatoms. The van der Waals surface area contributed by atoms with Gasteiger partial charge >= 0.3 is 7.40 Å². The normalized spacial score (nSPS) is 12.9. The van der Waals surface area contributed by atoms with E-state index in [0.29, 0.717) is 49.4 Å². The van der Waals surface area contributed by atoms with Crippen molar-refractivity contribution in [3.05, 3.63) is 95.2 Å². The van der Waals surface area contributed by atoms with Crippen LogP contribution in [0.1, 0.15) is 77.4 Å². The van der Waals surface area contributed by atoms with E-state index < -0.39 is 23.9 Å². The Morgan fingerprint density at radius 1 is 1.10 bits per heavy atom. The number of carbonyl (C=O) groups is 4. The van der Waals surface area contributed by atoms with Crippen molar-refractivity contribution in [1.29, 1.82) is 0 Å². The minimum atomic E-state index is -1.63. The number of hydrazone groups is 1. The van der Waals surface area contributed by atoms with E-state index in [4.69, 9.17) is 9.07 Å². The molecule has 1 aliphatic rings. The number of anilines is 1. The van der Waals surface area contributed by atoms with Gasteiger partial charge in [0.15, 0.2) is 5.78 Å².